The fourth-order valence-electron chi connectivity index (χ4n) is 3.03. The van der Waals surface area contributed by atoms with Crippen molar-refractivity contribution in [1.82, 2.24) is 4.90 Å². The van der Waals surface area contributed by atoms with Crippen LogP contribution in [0, 0.1) is 5.92 Å². The molecule has 3 nitrogen and oxygen atoms in total. The highest BCUT2D eigenvalue weighted by Crippen LogP contribution is 2.29. The van der Waals surface area contributed by atoms with Gasteiger partial charge in [-0.3, -0.25) is 4.90 Å². The van der Waals surface area contributed by atoms with Crippen LogP contribution in [-0.4, -0.2) is 31.6 Å². The number of rotatable bonds is 5. The molecule has 2 rings (SSSR count). The number of methoxy groups -OCH3 is 1. The van der Waals surface area contributed by atoms with Gasteiger partial charge in [-0.25, -0.2) is 0 Å². The Morgan fingerprint density at radius 1 is 1.45 bits per heavy atom. The fourth-order valence-corrected chi connectivity index (χ4v) is 3.03. The molecule has 0 radical (unpaired) electrons. The van der Waals surface area contributed by atoms with Gasteiger partial charge in [-0.1, -0.05) is 12.1 Å². The summed E-state index contributed by atoms with van der Waals surface area (Å²) in [6.07, 6.45) is 3.78. The molecule has 2 atom stereocenters. The van der Waals surface area contributed by atoms with Crippen LogP contribution in [0.4, 0.5) is 0 Å². The van der Waals surface area contributed by atoms with Crippen molar-refractivity contribution in [2.75, 3.05) is 26.7 Å². The zero-order chi connectivity index (χ0) is 13.7. The molecule has 1 aliphatic rings. The summed E-state index contributed by atoms with van der Waals surface area (Å²) in [5, 5.41) is 0. The molecule has 1 saturated heterocycles. The third-order valence-electron chi connectivity index (χ3n) is 4.25. The van der Waals surface area contributed by atoms with Crippen molar-refractivity contribution in [3.8, 4) is 5.75 Å². The van der Waals surface area contributed by atoms with Gasteiger partial charge in [0.2, 0.25) is 0 Å². The molecule has 2 unspecified atom stereocenters. The molecule has 0 aliphatic carbocycles. The number of halogens is 1. The standard InChI is InChI=1S/C16H26N2O.ClH/c1-13(15-6-3-7-16(11-15)19-2)18-10-4-5-14(12-18)8-9-17;/h3,6-7,11,13-14H,4-5,8-10,12,17H2,1-2H3;1H. The number of hydrogen-bond acceptors (Lipinski definition) is 3. The van der Waals surface area contributed by atoms with Gasteiger partial charge in [-0.2, -0.15) is 0 Å². The lowest BCUT2D eigenvalue weighted by atomic mass is 9.93. The SMILES string of the molecule is COc1cccc(C(C)N2CCCC(CCN)C2)c1.Cl. The topological polar surface area (TPSA) is 38.5 Å². The molecule has 1 heterocycles. The highest BCUT2D eigenvalue weighted by Gasteiger charge is 2.23. The summed E-state index contributed by atoms with van der Waals surface area (Å²) in [5.41, 5.74) is 7.04. The van der Waals surface area contributed by atoms with Gasteiger partial charge in [-0.15, -0.1) is 12.4 Å². The summed E-state index contributed by atoms with van der Waals surface area (Å²) in [7, 11) is 1.72. The Bertz CT molecular complexity index is 398. The zero-order valence-corrected chi connectivity index (χ0v) is 13.4. The Hall–Kier alpha value is -0.770. The molecule has 4 heteroatoms. The van der Waals surface area contributed by atoms with Crippen molar-refractivity contribution in [2.24, 2.45) is 11.7 Å². The number of ether oxygens (including phenoxy) is 1. The highest BCUT2D eigenvalue weighted by molar-refractivity contribution is 5.85. The summed E-state index contributed by atoms with van der Waals surface area (Å²) in [5.74, 6) is 1.71. The Balaban J connectivity index is 0.00000200. The first-order valence-corrected chi connectivity index (χ1v) is 7.32. The quantitative estimate of drug-likeness (QED) is 0.907. The fraction of sp³-hybridized carbons (Fsp3) is 0.625. The largest absolute Gasteiger partial charge is 0.497 e. The Morgan fingerprint density at radius 3 is 2.95 bits per heavy atom. The lowest BCUT2D eigenvalue weighted by Gasteiger charge is -2.37. The van der Waals surface area contributed by atoms with E-state index in [1.54, 1.807) is 7.11 Å². The lowest BCUT2D eigenvalue weighted by Crippen LogP contribution is -2.37. The molecule has 1 aliphatic heterocycles. The van der Waals surface area contributed by atoms with Gasteiger partial charge in [0, 0.05) is 12.6 Å². The minimum Gasteiger partial charge on any atom is -0.497 e. The maximum Gasteiger partial charge on any atom is 0.119 e. The number of piperidine rings is 1. The molecular formula is C16H27ClN2O. The normalized spacial score (nSPS) is 21.1. The maximum absolute atomic E-state index is 5.69. The summed E-state index contributed by atoms with van der Waals surface area (Å²) >= 11 is 0. The van der Waals surface area contributed by atoms with Gasteiger partial charge in [0.25, 0.3) is 0 Å². The van der Waals surface area contributed by atoms with Crippen molar-refractivity contribution < 1.29 is 4.74 Å². The van der Waals surface area contributed by atoms with Crippen molar-refractivity contribution >= 4 is 12.4 Å². The summed E-state index contributed by atoms with van der Waals surface area (Å²) in [4.78, 5) is 2.58. The number of likely N-dealkylation sites (tertiary alicyclic amines) is 1. The molecule has 0 amide bonds. The van der Waals surface area contributed by atoms with Crippen LogP contribution in [0.25, 0.3) is 0 Å². The molecule has 0 bridgehead atoms. The average molecular weight is 299 g/mol. The molecule has 1 aromatic carbocycles. The Kier molecular flexibility index (Phi) is 7.35. The molecule has 0 spiro atoms. The van der Waals surface area contributed by atoms with Crippen LogP contribution in [0.3, 0.4) is 0 Å². The molecular weight excluding hydrogens is 272 g/mol. The van der Waals surface area contributed by atoms with Crippen LogP contribution in [-0.2, 0) is 0 Å². The van der Waals surface area contributed by atoms with Crippen LogP contribution in [0.2, 0.25) is 0 Å². The van der Waals surface area contributed by atoms with E-state index in [-0.39, 0.29) is 12.4 Å². The maximum atomic E-state index is 5.69. The first kappa shape index (κ1) is 17.3. The van der Waals surface area contributed by atoms with E-state index in [4.69, 9.17) is 10.5 Å². The molecule has 0 saturated carbocycles. The molecule has 1 aromatic rings. The molecule has 0 aromatic heterocycles. The van der Waals surface area contributed by atoms with Crippen molar-refractivity contribution in [2.45, 2.75) is 32.2 Å². The van der Waals surface area contributed by atoms with Gasteiger partial charge in [-0.05, 0) is 62.9 Å². The summed E-state index contributed by atoms with van der Waals surface area (Å²) in [6.45, 7) is 5.47. The lowest BCUT2D eigenvalue weighted by molar-refractivity contribution is 0.128. The van der Waals surface area contributed by atoms with Crippen LogP contribution in [0.15, 0.2) is 24.3 Å². The molecule has 20 heavy (non-hydrogen) atoms. The second-order valence-corrected chi connectivity index (χ2v) is 5.53. The third-order valence-corrected chi connectivity index (χ3v) is 4.25. The van der Waals surface area contributed by atoms with Crippen LogP contribution in [0.1, 0.15) is 37.8 Å². The average Bonchev–Trinajstić information content (AvgIpc) is 2.47. The van der Waals surface area contributed by atoms with Gasteiger partial charge >= 0.3 is 0 Å². The first-order valence-electron chi connectivity index (χ1n) is 7.32. The predicted molar refractivity (Wildman–Crippen MR) is 86.6 cm³/mol. The molecule has 114 valence electrons. The van der Waals surface area contributed by atoms with Gasteiger partial charge in [0.05, 0.1) is 7.11 Å². The number of benzene rings is 1. The van der Waals surface area contributed by atoms with Gasteiger partial charge in [0.15, 0.2) is 0 Å². The van der Waals surface area contributed by atoms with Crippen LogP contribution >= 0.6 is 12.4 Å². The minimum atomic E-state index is 0. The van der Waals surface area contributed by atoms with E-state index < -0.39 is 0 Å². The van der Waals surface area contributed by atoms with E-state index in [9.17, 15) is 0 Å². The van der Waals surface area contributed by atoms with E-state index in [2.05, 4.69) is 30.0 Å². The molecule has 2 N–H and O–H groups in total. The van der Waals surface area contributed by atoms with Gasteiger partial charge < -0.3 is 10.5 Å². The van der Waals surface area contributed by atoms with Gasteiger partial charge in [0.1, 0.15) is 5.75 Å². The second kappa shape index (κ2) is 8.50. The third kappa shape index (κ3) is 4.37. The summed E-state index contributed by atoms with van der Waals surface area (Å²) < 4.78 is 5.32. The predicted octanol–water partition coefficient (Wildman–Crippen LogP) is 3.24. The second-order valence-electron chi connectivity index (χ2n) is 5.53. The minimum absolute atomic E-state index is 0. The van der Waals surface area contributed by atoms with E-state index in [1.165, 1.54) is 31.5 Å². The zero-order valence-electron chi connectivity index (χ0n) is 12.5. The number of nitrogens with zero attached hydrogens (tertiary/aromatic N) is 1. The Morgan fingerprint density at radius 2 is 2.25 bits per heavy atom. The number of hydrogen-bond donors (Lipinski definition) is 1. The van der Waals surface area contributed by atoms with Crippen molar-refractivity contribution in [3.63, 3.8) is 0 Å². The Labute approximate surface area is 128 Å². The number of nitrogens with two attached hydrogens (primary N) is 1. The highest BCUT2D eigenvalue weighted by atomic mass is 35.5. The summed E-state index contributed by atoms with van der Waals surface area (Å²) in [6, 6.07) is 8.88. The smallest absolute Gasteiger partial charge is 0.119 e. The van der Waals surface area contributed by atoms with E-state index in [0.29, 0.717) is 6.04 Å². The molecule has 1 fully saturated rings. The van der Waals surface area contributed by atoms with E-state index >= 15 is 0 Å². The van der Waals surface area contributed by atoms with E-state index in [0.717, 1.165) is 24.6 Å². The first-order chi connectivity index (χ1) is 9.24. The van der Waals surface area contributed by atoms with E-state index in [1.807, 2.05) is 6.07 Å². The van der Waals surface area contributed by atoms with Crippen LogP contribution < -0.4 is 10.5 Å². The van der Waals surface area contributed by atoms with Crippen molar-refractivity contribution in [3.05, 3.63) is 29.8 Å². The van der Waals surface area contributed by atoms with Crippen molar-refractivity contribution in [1.29, 1.82) is 0 Å². The monoisotopic (exact) mass is 298 g/mol. The van der Waals surface area contributed by atoms with Crippen LogP contribution in [0.5, 0.6) is 5.75 Å².